The summed E-state index contributed by atoms with van der Waals surface area (Å²) in [4.78, 5) is 66.9. The standard InChI is InChI=1S/C29H42FN3O6SSi.C23H28FN3O6S.2CH4/c1-19(2)26-24(16-15-22(34)17-23(18-25(35)38-7)39-41(9,10)29(3,4)5)27(20-11-13-21(30)14-12-20)32-28(31-26)33(6)40(8,36)37;1-14(2)21-19(11-10-17(28)12-18(29)13-20(30)33-4)22(15-6-8-16(24)9-7-15)26-23(25-21)27(3)34(5,31)32;;/h11-16,19,23H,17-18H2,1-10H3;6-11,14,18,29H,12-13H2,1-5H3;2*1H4/b16-15+;11-10+;;/t23-;18-;;/m01../s1. The summed E-state index contributed by atoms with van der Waals surface area (Å²) in [6.07, 6.45) is 5.17. The highest BCUT2D eigenvalue weighted by Gasteiger charge is 2.40. The number of hydrogen-bond donors (Lipinski definition) is 1. The summed E-state index contributed by atoms with van der Waals surface area (Å²) in [5.41, 5.74) is 3.60. The zero-order chi connectivity index (χ0) is 57.0. The average molecular weight is 1130 g/mol. The van der Waals surface area contributed by atoms with Gasteiger partial charge in [0.15, 0.2) is 19.9 Å². The second-order valence-corrected chi connectivity index (χ2v) is 28.6. The molecule has 426 valence electrons. The Kier molecular flexibility index (Phi) is 25.9. The van der Waals surface area contributed by atoms with Gasteiger partial charge in [0.25, 0.3) is 0 Å². The maximum atomic E-state index is 13.7. The first-order chi connectivity index (χ1) is 34.6. The zero-order valence-electron chi connectivity index (χ0n) is 45.3. The SMILES string of the molecule is C.C.COC(=O)C[C@H](CC(=O)/C=C/c1c(-c2ccc(F)cc2)nc(N(C)S(C)(=O)=O)nc1C(C)C)O[Si](C)(C)C(C)(C)C.COC(=O)C[C@H](O)CC(=O)/C=C/c1c(-c2ccc(F)cc2)nc(N(C)S(C)(=O)=O)nc1C(C)C. The van der Waals surface area contributed by atoms with Crippen molar-refractivity contribution in [3.8, 4) is 22.5 Å². The highest BCUT2D eigenvalue weighted by Crippen LogP contribution is 2.39. The van der Waals surface area contributed by atoms with Crippen LogP contribution >= 0.6 is 0 Å². The van der Waals surface area contributed by atoms with Crippen molar-refractivity contribution < 1.29 is 63.8 Å². The van der Waals surface area contributed by atoms with E-state index >= 15 is 0 Å². The summed E-state index contributed by atoms with van der Waals surface area (Å²) in [5, 5.41) is 9.79. The molecule has 0 aliphatic rings. The van der Waals surface area contributed by atoms with Gasteiger partial charge in [-0.05, 0) is 103 Å². The van der Waals surface area contributed by atoms with E-state index in [2.05, 4.69) is 45.4 Å². The summed E-state index contributed by atoms with van der Waals surface area (Å²) in [7, 11) is -4.47. The highest BCUT2D eigenvalue weighted by atomic mass is 32.2. The molecule has 2 heterocycles. The number of nitrogens with zero attached hydrogens (tertiary/aromatic N) is 6. The minimum Gasteiger partial charge on any atom is -0.469 e. The molecule has 2 atom stereocenters. The van der Waals surface area contributed by atoms with Crippen LogP contribution < -0.4 is 8.61 Å². The number of anilines is 2. The number of benzene rings is 2. The van der Waals surface area contributed by atoms with E-state index in [-0.39, 0.29) is 75.1 Å². The summed E-state index contributed by atoms with van der Waals surface area (Å²) in [6.45, 7) is 17.8. The van der Waals surface area contributed by atoms with Crippen molar-refractivity contribution in [3.05, 3.63) is 94.8 Å². The van der Waals surface area contributed by atoms with Gasteiger partial charge < -0.3 is 19.0 Å². The van der Waals surface area contributed by atoms with Gasteiger partial charge in [-0.25, -0.2) is 54.2 Å². The van der Waals surface area contributed by atoms with Gasteiger partial charge in [0.2, 0.25) is 31.9 Å². The van der Waals surface area contributed by atoms with Crippen molar-refractivity contribution in [2.75, 3.05) is 49.4 Å². The van der Waals surface area contributed by atoms with Gasteiger partial charge in [-0.3, -0.25) is 19.2 Å². The lowest BCUT2D eigenvalue weighted by Gasteiger charge is -2.39. The molecule has 0 bridgehead atoms. The first kappa shape index (κ1) is 68.9. The van der Waals surface area contributed by atoms with Crippen LogP contribution in [0.5, 0.6) is 0 Å². The third-order valence-corrected chi connectivity index (χ3v) is 18.9. The first-order valence-corrected chi connectivity index (χ1v) is 30.3. The number of aliphatic hydroxyl groups is 1. The van der Waals surface area contributed by atoms with Crippen molar-refractivity contribution >= 4 is 75.9 Å². The molecule has 4 rings (SSSR count). The largest absolute Gasteiger partial charge is 0.469 e. The lowest BCUT2D eigenvalue weighted by molar-refractivity contribution is -0.144. The number of allylic oxidation sites excluding steroid dienone is 2. The van der Waals surface area contributed by atoms with E-state index in [1.807, 2.05) is 40.8 Å². The van der Waals surface area contributed by atoms with Crippen molar-refractivity contribution in [2.24, 2.45) is 0 Å². The second-order valence-electron chi connectivity index (χ2n) is 19.8. The van der Waals surface area contributed by atoms with Crippen LogP contribution in [-0.2, 0) is 53.1 Å². The molecule has 0 aliphatic heterocycles. The van der Waals surface area contributed by atoms with Crippen LogP contribution in [0.15, 0.2) is 60.7 Å². The molecule has 0 saturated carbocycles. The van der Waals surface area contributed by atoms with E-state index in [4.69, 9.17) is 9.16 Å². The second kappa shape index (κ2) is 29.0. The summed E-state index contributed by atoms with van der Waals surface area (Å²) >= 11 is 0. The molecule has 0 radical (unpaired) electrons. The van der Waals surface area contributed by atoms with E-state index in [0.29, 0.717) is 45.0 Å². The predicted octanol–water partition coefficient (Wildman–Crippen LogP) is 9.70. The molecular weight excluding hydrogens is 1050 g/mol. The molecule has 77 heavy (non-hydrogen) atoms. The third-order valence-electron chi connectivity index (χ3n) is 12.1. The van der Waals surface area contributed by atoms with Crippen LogP contribution in [0.25, 0.3) is 34.7 Å². The number of rotatable bonds is 22. The zero-order valence-corrected chi connectivity index (χ0v) is 47.9. The van der Waals surface area contributed by atoms with Crippen LogP contribution in [0.2, 0.25) is 18.1 Å². The molecular formula is C54H78F2N6O12S2Si. The Labute approximate surface area is 455 Å². The summed E-state index contributed by atoms with van der Waals surface area (Å²) in [5.74, 6) is -3.20. The van der Waals surface area contributed by atoms with Gasteiger partial charge in [0.1, 0.15) is 11.6 Å². The van der Waals surface area contributed by atoms with Crippen molar-refractivity contribution in [1.29, 1.82) is 0 Å². The van der Waals surface area contributed by atoms with Crippen LogP contribution in [0.1, 0.15) is 123 Å². The molecule has 0 unspecified atom stereocenters. The fourth-order valence-electron chi connectivity index (χ4n) is 6.70. The normalized spacial score (nSPS) is 12.8. The number of hydrogen-bond acceptors (Lipinski definition) is 16. The monoisotopic (exact) mass is 1130 g/mol. The smallest absolute Gasteiger partial charge is 0.308 e. The number of ether oxygens (including phenoxy) is 2. The third kappa shape index (κ3) is 20.3. The Morgan fingerprint density at radius 1 is 0.636 bits per heavy atom. The molecule has 0 amide bonds. The van der Waals surface area contributed by atoms with Gasteiger partial charge in [-0.15, -0.1) is 0 Å². The molecule has 18 nitrogen and oxygen atoms in total. The maximum Gasteiger partial charge on any atom is 0.308 e. The number of carbonyl (C=O) groups is 4. The lowest BCUT2D eigenvalue weighted by Crippen LogP contribution is -2.44. The number of esters is 2. The topological polar surface area (TPSA) is 243 Å². The van der Waals surface area contributed by atoms with Crippen LogP contribution in [0.4, 0.5) is 20.7 Å². The molecule has 2 aromatic heterocycles. The summed E-state index contributed by atoms with van der Waals surface area (Å²) < 4.78 is 93.6. The number of carbonyl (C=O) groups excluding carboxylic acids is 4. The first-order valence-electron chi connectivity index (χ1n) is 23.7. The van der Waals surface area contributed by atoms with E-state index in [1.165, 1.54) is 95.1 Å². The highest BCUT2D eigenvalue weighted by molar-refractivity contribution is 7.92. The van der Waals surface area contributed by atoms with E-state index in [9.17, 15) is 49.9 Å². The molecule has 1 N–H and O–H groups in total. The maximum absolute atomic E-state index is 13.7. The van der Waals surface area contributed by atoms with Crippen molar-refractivity contribution in [2.45, 2.75) is 131 Å². The number of halogens is 2. The molecule has 0 spiro atoms. The summed E-state index contributed by atoms with van der Waals surface area (Å²) in [6, 6.07) is 11.1. The molecule has 23 heteroatoms. The number of methoxy groups -OCH3 is 2. The molecule has 0 aliphatic carbocycles. The van der Waals surface area contributed by atoms with Gasteiger partial charge in [-0.2, -0.15) is 0 Å². The lowest BCUT2D eigenvalue weighted by atomic mass is 9.97. The Balaban J connectivity index is 0.000000763. The van der Waals surface area contributed by atoms with Crippen LogP contribution in [0, 0.1) is 11.6 Å². The number of aromatic nitrogens is 4. The Bertz CT molecular complexity index is 2970. The van der Waals surface area contributed by atoms with E-state index in [0.717, 1.165) is 21.1 Å². The quantitative estimate of drug-likeness (QED) is 0.0437. The number of sulfonamides is 2. The van der Waals surface area contributed by atoms with Crippen LogP contribution in [-0.4, -0.2) is 127 Å². The van der Waals surface area contributed by atoms with Crippen molar-refractivity contribution in [3.63, 3.8) is 0 Å². The van der Waals surface area contributed by atoms with Gasteiger partial charge in [0.05, 0.1) is 74.6 Å². The average Bonchev–Trinajstić information content (AvgIpc) is 3.31. The fourth-order valence-corrected chi connectivity index (χ4v) is 8.81. The molecule has 0 saturated heterocycles. The number of aliphatic hydroxyl groups excluding tert-OH is 1. The minimum absolute atomic E-state index is 0. The van der Waals surface area contributed by atoms with E-state index < -0.39 is 69.9 Å². The number of ketones is 2. The van der Waals surface area contributed by atoms with Crippen LogP contribution in [0.3, 0.4) is 0 Å². The van der Waals surface area contributed by atoms with Gasteiger partial charge >= 0.3 is 11.9 Å². The Morgan fingerprint density at radius 2 is 0.987 bits per heavy atom. The molecule has 0 fully saturated rings. The molecule has 2 aromatic carbocycles. The predicted molar refractivity (Wildman–Crippen MR) is 302 cm³/mol. The molecule has 4 aromatic rings. The fraction of sp³-hybridized carbons (Fsp3) is 0.481. The van der Waals surface area contributed by atoms with Gasteiger partial charge in [-0.1, -0.05) is 63.3 Å². The van der Waals surface area contributed by atoms with Gasteiger partial charge in [0, 0.05) is 49.2 Å². The Hall–Kier alpha value is -6.14. The van der Waals surface area contributed by atoms with E-state index in [1.54, 1.807) is 6.08 Å². The van der Waals surface area contributed by atoms with Crippen molar-refractivity contribution in [1.82, 2.24) is 19.9 Å². The minimum atomic E-state index is -3.67. The Morgan fingerprint density at radius 3 is 1.31 bits per heavy atom.